The van der Waals surface area contributed by atoms with Crippen molar-refractivity contribution in [3.8, 4) is 6.07 Å². The lowest BCUT2D eigenvalue weighted by atomic mass is 10.2. The van der Waals surface area contributed by atoms with E-state index in [1.54, 1.807) is 4.90 Å². The summed E-state index contributed by atoms with van der Waals surface area (Å²) in [7, 11) is 0. The van der Waals surface area contributed by atoms with E-state index in [9.17, 15) is 9.59 Å². The molecule has 0 spiro atoms. The molecular formula is C15H19N3O3. The molecule has 0 aromatic heterocycles. The molecule has 0 saturated carbocycles. The summed E-state index contributed by atoms with van der Waals surface area (Å²) in [5.41, 5.74) is 1.90. The zero-order valence-electron chi connectivity index (χ0n) is 12.0. The van der Waals surface area contributed by atoms with Gasteiger partial charge in [-0.15, -0.1) is 0 Å². The van der Waals surface area contributed by atoms with E-state index in [1.165, 1.54) is 0 Å². The molecule has 0 aliphatic heterocycles. The lowest BCUT2D eigenvalue weighted by Crippen LogP contribution is -2.38. The number of nitrogens with zero attached hydrogens (tertiary/aromatic N) is 2. The van der Waals surface area contributed by atoms with Gasteiger partial charge in [-0.2, -0.15) is 5.26 Å². The third-order valence-electron chi connectivity index (χ3n) is 2.89. The van der Waals surface area contributed by atoms with Crippen LogP contribution in [0.1, 0.15) is 18.4 Å². The minimum absolute atomic E-state index is 0.0423. The van der Waals surface area contributed by atoms with Gasteiger partial charge in [0.1, 0.15) is 0 Å². The van der Waals surface area contributed by atoms with Gasteiger partial charge in [0.2, 0.25) is 5.91 Å². The second kappa shape index (κ2) is 8.59. The second-order valence-electron chi connectivity index (χ2n) is 4.66. The standard InChI is InChI=1S/C15H19N3O3/c1-12-3-5-13(6-4-12)18(10-7-15(20)21)11-14(19)17-9-2-8-16/h3-6H,2,7,9-11H2,1H3,(H,17,19)(H,20,21). The fourth-order valence-corrected chi connectivity index (χ4v) is 1.77. The van der Waals surface area contributed by atoms with Crippen molar-refractivity contribution < 1.29 is 14.7 Å². The molecule has 0 aliphatic rings. The Labute approximate surface area is 124 Å². The van der Waals surface area contributed by atoms with E-state index in [0.717, 1.165) is 11.3 Å². The summed E-state index contributed by atoms with van der Waals surface area (Å²) >= 11 is 0. The molecule has 0 bridgehead atoms. The molecule has 1 rings (SSSR count). The number of carbonyl (C=O) groups excluding carboxylic acids is 1. The maximum Gasteiger partial charge on any atom is 0.305 e. The topological polar surface area (TPSA) is 93.4 Å². The average molecular weight is 289 g/mol. The van der Waals surface area contributed by atoms with Crippen LogP contribution >= 0.6 is 0 Å². The number of aryl methyl sites for hydroxylation is 1. The van der Waals surface area contributed by atoms with Gasteiger partial charge in [-0.3, -0.25) is 9.59 Å². The van der Waals surface area contributed by atoms with E-state index >= 15 is 0 Å². The van der Waals surface area contributed by atoms with Crippen LogP contribution in [-0.4, -0.2) is 36.6 Å². The first-order chi connectivity index (χ1) is 10.0. The minimum atomic E-state index is -0.906. The first-order valence-electron chi connectivity index (χ1n) is 6.70. The molecule has 0 saturated heterocycles. The fraction of sp³-hybridized carbons (Fsp3) is 0.400. The minimum Gasteiger partial charge on any atom is -0.481 e. The summed E-state index contributed by atoms with van der Waals surface area (Å²) in [6.07, 6.45) is 0.213. The van der Waals surface area contributed by atoms with E-state index in [-0.39, 0.29) is 31.8 Å². The summed E-state index contributed by atoms with van der Waals surface area (Å²) < 4.78 is 0. The van der Waals surface area contributed by atoms with Crippen molar-refractivity contribution in [3.05, 3.63) is 29.8 Å². The van der Waals surface area contributed by atoms with Crippen LogP contribution in [0.4, 0.5) is 5.69 Å². The molecule has 6 heteroatoms. The average Bonchev–Trinajstić information content (AvgIpc) is 2.44. The molecule has 1 aromatic rings. The number of nitriles is 1. The second-order valence-corrected chi connectivity index (χ2v) is 4.66. The number of anilines is 1. The predicted octanol–water partition coefficient (Wildman–Crippen LogP) is 1.31. The molecule has 0 atom stereocenters. The van der Waals surface area contributed by atoms with Gasteiger partial charge in [-0.1, -0.05) is 17.7 Å². The highest BCUT2D eigenvalue weighted by molar-refractivity contribution is 5.81. The molecule has 0 radical (unpaired) electrons. The van der Waals surface area contributed by atoms with Crippen LogP contribution in [0.3, 0.4) is 0 Å². The Kier molecular flexibility index (Phi) is 6.75. The monoisotopic (exact) mass is 289 g/mol. The molecular weight excluding hydrogens is 270 g/mol. The summed E-state index contributed by atoms with van der Waals surface area (Å²) in [6.45, 7) is 2.59. The van der Waals surface area contributed by atoms with Gasteiger partial charge in [0.15, 0.2) is 0 Å². The highest BCUT2D eigenvalue weighted by atomic mass is 16.4. The SMILES string of the molecule is Cc1ccc(N(CCC(=O)O)CC(=O)NCCC#N)cc1. The van der Waals surface area contributed by atoms with E-state index in [1.807, 2.05) is 37.3 Å². The zero-order valence-corrected chi connectivity index (χ0v) is 12.0. The Morgan fingerprint density at radius 2 is 2.00 bits per heavy atom. The van der Waals surface area contributed by atoms with Gasteiger partial charge in [-0.25, -0.2) is 0 Å². The number of hydrogen-bond donors (Lipinski definition) is 2. The van der Waals surface area contributed by atoms with Crippen molar-refractivity contribution >= 4 is 17.6 Å². The lowest BCUT2D eigenvalue weighted by Gasteiger charge is -2.23. The highest BCUT2D eigenvalue weighted by Gasteiger charge is 2.12. The smallest absolute Gasteiger partial charge is 0.305 e. The van der Waals surface area contributed by atoms with Crippen LogP contribution in [0.25, 0.3) is 0 Å². The maximum absolute atomic E-state index is 11.8. The molecule has 6 nitrogen and oxygen atoms in total. The van der Waals surface area contributed by atoms with Crippen LogP contribution < -0.4 is 10.2 Å². The van der Waals surface area contributed by atoms with Crippen molar-refractivity contribution in [2.24, 2.45) is 0 Å². The van der Waals surface area contributed by atoms with Crippen LogP contribution in [0.5, 0.6) is 0 Å². The van der Waals surface area contributed by atoms with Gasteiger partial charge < -0.3 is 15.3 Å². The largest absolute Gasteiger partial charge is 0.481 e. The fourth-order valence-electron chi connectivity index (χ4n) is 1.77. The van der Waals surface area contributed by atoms with Gasteiger partial charge in [0, 0.05) is 18.8 Å². The maximum atomic E-state index is 11.8. The Balaban J connectivity index is 2.68. The quantitative estimate of drug-likeness (QED) is 0.704. The number of amides is 1. The summed E-state index contributed by atoms with van der Waals surface area (Å²) in [5, 5.41) is 19.9. The molecule has 112 valence electrons. The summed E-state index contributed by atoms with van der Waals surface area (Å²) in [4.78, 5) is 24.2. The Morgan fingerprint density at radius 3 is 2.57 bits per heavy atom. The van der Waals surface area contributed by atoms with Crippen molar-refractivity contribution in [1.82, 2.24) is 5.32 Å². The summed E-state index contributed by atoms with van der Waals surface area (Å²) in [5.74, 6) is -1.13. The first kappa shape index (κ1) is 16.5. The van der Waals surface area contributed by atoms with Gasteiger partial charge in [0.05, 0.1) is 25.5 Å². The van der Waals surface area contributed by atoms with Crippen LogP contribution in [0.15, 0.2) is 24.3 Å². The van der Waals surface area contributed by atoms with E-state index in [0.29, 0.717) is 6.54 Å². The number of hydrogen-bond acceptors (Lipinski definition) is 4. The number of carboxylic acid groups (broad SMARTS) is 1. The van der Waals surface area contributed by atoms with Crippen LogP contribution in [0, 0.1) is 18.3 Å². The lowest BCUT2D eigenvalue weighted by molar-refractivity contribution is -0.136. The van der Waals surface area contributed by atoms with Crippen molar-refractivity contribution in [2.75, 3.05) is 24.5 Å². The number of carboxylic acids is 1. The molecule has 0 aliphatic carbocycles. The molecule has 0 fully saturated rings. The van der Waals surface area contributed by atoms with Crippen molar-refractivity contribution in [3.63, 3.8) is 0 Å². The molecule has 21 heavy (non-hydrogen) atoms. The number of nitrogens with one attached hydrogen (secondary N) is 1. The number of aliphatic carboxylic acids is 1. The Hall–Kier alpha value is -2.55. The van der Waals surface area contributed by atoms with Crippen LogP contribution in [-0.2, 0) is 9.59 Å². The normalized spacial score (nSPS) is 9.71. The van der Waals surface area contributed by atoms with E-state index < -0.39 is 5.97 Å². The van der Waals surface area contributed by atoms with Gasteiger partial charge >= 0.3 is 5.97 Å². The first-order valence-corrected chi connectivity index (χ1v) is 6.70. The third-order valence-corrected chi connectivity index (χ3v) is 2.89. The van der Waals surface area contributed by atoms with Crippen molar-refractivity contribution in [2.45, 2.75) is 19.8 Å². The Bertz CT molecular complexity index is 520. The third kappa shape index (κ3) is 6.43. The molecule has 2 N–H and O–H groups in total. The molecule has 1 aromatic carbocycles. The van der Waals surface area contributed by atoms with Gasteiger partial charge in [-0.05, 0) is 19.1 Å². The molecule has 0 heterocycles. The summed E-state index contributed by atoms with van der Waals surface area (Å²) in [6, 6.07) is 9.50. The number of carbonyl (C=O) groups is 2. The van der Waals surface area contributed by atoms with Crippen LogP contribution in [0.2, 0.25) is 0 Å². The molecule has 1 amide bonds. The highest BCUT2D eigenvalue weighted by Crippen LogP contribution is 2.15. The van der Waals surface area contributed by atoms with E-state index in [4.69, 9.17) is 10.4 Å². The number of rotatable bonds is 8. The Morgan fingerprint density at radius 1 is 1.33 bits per heavy atom. The predicted molar refractivity (Wildman–Crippen MR) is 78.9 cm³/mol. The van der Waals surface area contributed by atoms with Crippen molar-refractivity contribution in [1.29, 1.82) is 5.26 Å². The van der Waals surface area contributed by atoms with E-state index in [2.05, 4.69) is 5.32 Å². The molecule has 0 unspecified atom stereocenters. The van der Waals surface area contributed by atoms with Gasteiger partial charge in [0.25, 0.3) is 0 Å². The zero-order chi connectivity index (χ0) is 15.7. The number of benzene rings is 1.